The number of nitrogens with zero attached hydrogens (tertiary/aromatic N) is 4. The molecule has 0 spiro atoms. The number of rotatable bonds is 7. The van der Waals surface area contributed by atoms with Crippen molar-refractivity contribution in [3.63, 3.8) is 0 Å². The second kappa shape index (κ2) is 10.7. The summed E-state index contributed by atoms with van der Waals surface area (Å²) in [5.74, 6) is 1.97. The van der Waals surface area contributed by atoms with Gasteiger partial charge in [0.15, 0.2) is 0 Å². The van der Waals surface area contributed by atoms with E-state index in [1.54, 1.807) is 49.7 Å². The Balaban J connectivity index is 1.71. The standard InChI is InChI=1S/C25H20Br2N4O3/c1-33-20-7-3-16(4-8-20)13-29-31-15-23(17-5-9-21(34-2)10-6-17)30-25(31)28-14-18-11-19(26)12-22(27)24(18)32/h3-15,32H,1-2H3/b28-14+,29-13+. The highest BCUT2D eigenvalue weighted by atomic mass is 79.9. The second-order valence-electron chi connectivity index (χ2n) is 7.10. The van der Waals surface area contributed by atoms with Crippen LogP contribution in [0.2, 0.25) is 0 Å². The van der Waals surface area contributed by atoms with Crippen LogP contribution < -0.4 is 9.47 Å². The minimum atomic E-state index is 0.0853. The summed E-state index contributed by atoms with van der Waals surface area (Å²) in [4.78, 5) is 9.16. The Kier molecular flexibility index (Phi) is 7.44. The minimum Gasteiger partial charge on any atom is -0.506 e. The van der Waals surface area contributed by atoms with Gasteiger partial charge in [0.25, 0.3) is 5.95 Å². The lowest BCUT2D eigenvalue weighted by Gasteiger charge is -2.03. The van der Waals surface area contributed by atoms with E-state index in [4.69, 9.17) is 9.47 Å². The number of imidazole rings is 1. The van der Waals surface area contributed by atoms with Gasteiger partial charge in [-0.05, 0) is 82.2 Å². The van der Waals surface area contributed by atoms with Crippen LogP contribution in [0.4, 0.5) is 5.95 Å². The number of phenols is 1. The smallest absolute Gasteiger partial charge is 0.251 e. The van der Waals surface area contributed by atoms with Gasteiger partial charge in [-0.25, -0.2) is 14.7 Å². The number of ether oxygens (including phenoxy) is 2. The average Bonchev–Trinajstić information content (AvgIpc) is 3.27. The van der Waals surface area contributed by atoms with E-state index in [2.05, 4.69) is 46.9 Å². The van der Waals surface area contributed by atoms with Crippen LogP contribution in [0.25, 0.3) is 11.3 Å². The summed E-state index contributed by atoms with van der Waals surface area (Å²) in [7, 11) is 3.25. The molecule has 0 unspecified atom stereocenters. The van der Waals surface area contributed by atoms with Gasteiger partial charge in [-0.15, -0.1) is 0 Å². The molecule has 0 saturated carbocycles. The Bertz CT molecular complexity index is 1350. The number of aromatic hydroxyl groups is 1. The minimum absolute atomic E-state index is 0.0853. The molecular formula is C25H20Br2N4O3. The van der Waals surface area contributed by atoms with Crippen molar-refractivity contribution >= 4 is 50.2 Å². The van der Waals surface area contributed by atoms with Gasteiger partial charge in [0.05, 0.1) is 36.8 Å². The topological polar surface area (TPSA) is 81.2 Å². The van der Waals surface area contributed by atoms with Crippen molar-refractivity contribution in [3.05, 3.63) is 86.9 Å². The summed E-state index contributed by atoms with van der Waals surface area (Å²) in [6.07, 6.45) is 5.06. The van der Waals surface area contributed by atoms with Crippen LogP contribution in [0.15, 0.2) is 85.9 Å². The van der Waals surface area contributed by atoms with Gasteiger partial charge in [0.2, 0.25) is 0 Å². The molecule has 0 saturated heterocycles. The number of phenolic OH excluding ortho intramolecular Hbond substituents is 1. The summed E-state index contributed by atoms with van der Waals surface area (Å²) in [5.41, 5.74) is 3.01. The lowest BCUT2D eigenvalue weighted by Crippen LogP contribution is -1.91. The van der Waals surface area contributed by atoms with Crippen LogP contribution in [-0.4, -0.2) is 41.4 Å². The largest absolute Gasteiger partial charge is 0.506 e. The molecule has 7 nitrogen and oxygen atoms in total. The third kappa shape index (κ3) is 5.55. The fraction of sp³-hybridized carbons (Fsp3) is 0.0800. The first-order valence-corrected chi connectivity index (χ1v) is 11.7. The number of hydrogen-bond donors (Lipinski definition) is 1. The van der Waals surface area contributed by atoms with Crippen molar-refractivity contribution < 1.29 is 14.6 Å². The molecule has 0 aliphatic rings. The predicted octanol–water partition coefficient (Wildman–Crippen LogP) is 6.43. The van der Waals surface area contributed by atoms with Crippen LogP contribution in [0, 0.1) is 0 Å². The van der Waals surface area contributed by atoms with Gasteiger partial charge in [0.1, 0.15) is 17.2 Å². The molecule has 1 heterocycles. The molecule has 0 atom stereocenters. The van der Waals surface area contributed by atoms with Crippen molar-refractivity contribution in [2.75, 3.05) is 14.2 Å². The van der Waals surface area contributed by atoms with E-state index >= 15 is 0 Å². The van der Waals surface area contributed by atoms with Gasteiger partial charge in [0, 0.05) is 21.8 Å². The Morgan fingerprint density at radius 3 is 2.21 bits per heavy atom. The zero-order valence-corrected chi connectivity index (χ0v) is 21.5. The predicted molar refractivity (Wildman–Crippen MR) is 141 cm³/mol. The first kappa shape index (κ1) is 23.7. The third-order valence-electron chi connectivity index (χ3n) is 4.88. The highest BCUT2D eigenvalue weighted by Crippen LogP contribution is 2.31. The maximum Gasteiger partial charge on any atom is 0.251 e. The van der Waals surface area contributed by atoms with E-state index in [-0.39, 0.29) is 5.75 Å². The van der Waals surface area contributed by atoms with Crippen molar-refractivity contribution in [2.24, 2.45) is 10.1 Å². The zero-order chi connectivity index (χ0) is 24.1. The van der Waals surface area contributed by atoms with E-state index < -0.39 is 0 Å². The molecule has 172 valence electrons. The highest BCUT2D eigenvalue weighted by Gasteiger charge is 2.10. The Hall–Kier alpha value is -3.43. The number of aliphatic imine (C=N–C) groups is 1. The van der Waals surface area contributed by atoms with Gasteiger partial charge in [-0.1, -0.05) is 15.9 Å². The number of hydrogen-bond acceptors (Lipinski definition) is 6. The van der Waals surface area contributed by atoms with Crippen LogP contribution in [0.3, 0.4) is 0 Å². The lowest BCUT2D eigenvalue weighted by atomic mass is 10.2. The normalized spacial score (nSPS) is 11.4. The third-order valence-corrected chi connectivity index (χ3v) is 5.94. The average molecular weight is 584 g/mol. The number of aromatic nitrogens is 2. The number of halogens is 2. The number of benzene rings is 3. The molecule has 0 fully saturated rings. The van der Waals surface area contributed by atoms with Crippen molar-refractivity contribution in [2.45, 2.75) is 0 Å². The van der Waals surface area contributed by atoms with Crippen molar-refractivity contribution in [1.82, 2.24) is 9.66 Å². The fourth-order valence-electron chi connectivity index (χ4n) is 3.07. The molecule has 0 bridgehead atoms. The molecular weight excluding hydrogens is 564 g/mol. The van der Waals surface area contributed by atoms with E-state index in [0.29, 0.717) is 21.7 Å². The van der Waals surface area contributed by atoms with Crippen molar-refractivity contribution in [1.29, 1.82) is 0 Å². The monoisotopic (exact) mass is 582 g/mol. The highest BCUT2D eigenvalue weighted by molar-refractivity contribution is 9.11. The molecule has 34 heavy (non-hydrogen) atoms. The van der Waals surface area contributed by atoms with Crippen LogP contribution >= 0.6 is 31.9 Å². The molecule has 9 heteroatoms. The van der Waals surface area contributed by atoms with Gasteiger partial charge in [-0.3, -0.25) is 0 Å². The second-order valence-corrected chi connectivity index (χ2v) is 8.87. The summed E-state index contributed by atoms with van der Waals surface area (Å²) in [6.45, 7) is 0. The lowest BCUT2D eigenvalue weighted by molar-refractivity contribution is 0.414. The van der Waals surface area contributed by atoms with E-state index in [9.17, 15) is 5.11 Å². The first-order chi connectivity index (χ1) is 16.5. The maximum atomic E-state index is 10.4. The molecule has 4 rings (SSSR count). The van der Waals surface area contributed by atoms with Gasteiger partial charge in [-0.2, -0.15) is 5.10 Å². The van der Waals surface area contributed by atoms with E-state index in [1.165, 1.54) is 0 Å². The molecule has 0 radical (unpaired) electrons. The zero-order valence-electron chi connectivity index (χ0n) is 18.3. The molecule has 0 aliphatic heterocycles. The molecule has 0 amide bonds. The number of methoxy groups -OCH3 is 2. The summed E-state index contributed by atoms with van der Waals surface area (Å²) >= 11 is 6.77. The quantitative estimate of drug-likeness (QED) is 0.254. The van der Waals surface area contributed by atoms with Crippen LogP contribution in [0.5, 0.6) is 17.2 Å². The van der Waals surface area contributed by atoms with Crippen LogP contribution in [-0.2, 0) is 0 Å². The van der Waals surface area contributed by atoms with E-state index in [1.807, 2.05) is 48.5 Å². The fourth-order valence-corrected chi connectivity index (χ4v) is 4.32. The Morgan fingerprint density at radius 2 is 1.56 bits per heavy atom. The maximum absolute atomic E-state index is 10.4. The van der Waals surface area contributed by atoms with Crippen molar-refractivity contribution in [3.8, 4) is 28.5 Å². The van der Waals surface area contributed by atoms with Gasteiger partial charge >= 0.3 is 0 Å². The summed E-state index contributed by atoms with van der Waals surface area (Å²) in [6, 6.07) is 18.6. The Morgan fingerprint density at radius 1 is 0.912 bits per heavy atom. The van der Waals surface area contributed by atoms with Crippen LogP contribution in [0.1, 0.15) is 11.1 Å². The van der Waals surface area contributed by atoms with E-state index in [0.717, 1.165) is 27.1 Å². The first-order valence-electron chi connectivity index (χ1n) is 10.1. The summed E-state index contributed by atoms with van der Waals surface area (Å²) < 4.78 is 13.4. The molecule has 3 aromatic carbocycles. The summed E-state index contributed by atoms with van der Waals surface area (Å²) in [5, 5.41) is 14.9. The SMILES string of the molecule is COc1ccc(/C=N/n2cc(-c3ccc(OC)cc3)nc2/N=C/c2cc(Br)cc(Br)c2O)cc1. The Labute approximate surface area is 213 Å². The molecule has 1 N–H and O–H groups in total. The molecule has 4 aromatic rings. The molecule has 1 aromatic heterocycles. The van der Waals surface area contributed by atoms with Gasteiger partial charge < -0.3 is 14.6 Å². The molecule has 0 aliphatic carbocycles.